The summed E-state index contributed by atoms with van der Waals surface area (Å²) in [6, 6.07) is 5.58. The first-order valence-corrected chi connectivity index (χ1v) is 5.30. The third kappa shape index (κ3) is 3.21. The Bertz CT molecular complexity index is 390. The number of hydrogen-bond acceptors (Lipinski definition) is 4. The topological polar surface area (TPSA) is 60.1 Å². The van der Waals surface area contributed by atoms with E-state index in [1.807, 2.05) is 11.8 Å². The molecule has 0 aliphatic heterocycles. The third-order valence-electron chi connectivity index (χ3n) is 2.17. The van der Waals surface area contributed by atoms with E-state index < -0.39 is 5.60 Å². The van der Waals surface area contributed by atoms with Crippen molar-refractivity contribution in [2.75, 3.05) is 18.0 Å². The quantitative estimate of drug-likeness (QED) is 0.834. The van der Waals surface area contributed by atoms with E-state index in [1.165, 1.54) is 0 Å². The lowest BCUT2D eigenvalue weighted by Crippen LogP contribution is -2.39. The fraction of sp³-hybridized carbons (Fsp3) is 0.500. The summed E-state index contributed by atoms with van der Waals surface area (Å²) < 4.78 is 0. The highest BCUT2D eigenvalue weighted by Gasteiger charge is 2.20. The van der Waals surface area contributed by atoms with Gasteiger partial charge in [-0.05, 0) is 32.9 Å². The number of nitriles is 1. The largest absolute Gasteiger partial charge is 0.389 e. The number of likely N-dealkylation sites (N-methyl/N-ethyl adjacent to an activating group) is 1. The van der Waals surface area contributed by atoms with Crippen molar-refractivity contribution in [2.24, 2.45) is 0 Å². The van der Waals surface area contributed by atoms with Crippen molar-refractivity contribution in [3.8, 4) is 6.07 Å². The van der Waals surface area contributed by atoms with Gasteiger partial charge in [0, 0.05) is 19.3 Å². The molecule has 0 bridgehead atoms. The number of hydrogen-bond donors (Lipinski definition) is 1. The molecular formula is C12H17N3O. The predicted molar refractivity (Wildman–Crippen MR) is 63.1 cm³/mol. The summed E-state index contributed by atoms with van der Waals surface area (Å²) in [7, 11) is 0. The Labute approximate surface area is 96.2 Å². The second kappa shape index (κ2) is 4.95. The van der Waals surface area contributed by atoms with Crippen molar-refractivity contribution in [2.45, 2.75) is 26.4 Å². The van der Waals surface area contributed by atoms with Gasteiger partial charge in [0.2, 0.25) is 0 Å². The maximum atomic E-state index is 9.79. The molecule has 1 aromatic rings. The lowest BCUT2D eigenvalue weighted by atomic mass is 10.1. The molecule has 1 heterocycles. The van der Waals surface area contributed by atoms with E-state index >= 15 is 0 Å². The predicted octanol–water partition coefficient (Wildman–Crippen LogP) is 1.55. The van der Waals surface area contributed by atoms with E-state index in [0.717, 1.165) is 0 Å². The second-order valence-corrected chi connectivity index (χ2v) is 4.31. The van der Waals surface area contributed by atoms with Crippen molar-refractivity contribution in [1.82, 2.24) is 4.98 Å². The molecule has 0 atom stereocenters. The molecule has 0 unspecified atom stereocenters. The summed E-state index contributed by atoms with van der Waals surface area (Å²) >= 11 is 0. The maximum Gasteiger partial charge on any atom is 0.146 e. The molecule has 1 N–H and O–H groups in total. The number of anilines is 1. The number of aromatic nitrogens is 1. The molecule has 4 nitrogen and oxygen atoms in total. The molecule has 1 aromatic heterocycles. The lowest BCUT2D eigenvalue weighted by Gasteiger charge is -2.29. The Morgan fingerprint density at radius 2 is 2.25 bits per heavy atom. The van der Waals surface area contributed by atoms with Gasteiger partial charge in [-0.3, -0.25) is 0 Å². The number of nitrogens with zero attached hydrogens (tertiary/aromatic N) is 3. The van der Waals surface area contributed by atoms with Crippen molar-refractivity contribution in [3.63, 3.8) is 0 Å². The monoisotopic (exact) mass is 219 g/mol. The zero-order chi connectivity index (χ0) is 12.2. The van der Waals surface area contributed by atoms with Crippen LogP contribution in [0.2, 0.25) is 0 Å². The van der Waals surface area contributed by atoms with E-state index in [2.05, 4.69) is 11.1 Å². The molecule has 0 aliphatic carbocycles. The summed E-state index contributed by atoms with van der Waals surface area (Å²) in [5, 5.41) is 18.8. The van der Waals surface area contributed by atoms with E-state index in [1.54, 1.807) is 32.2 Å². The summed E-state index contributed by atoms with van der Waals surface area (Å²) in [6.07, 6.45) is 1.66. The van der Waals surface area contributed by atoms with Crippen LogP contribution >= 0.6 is 0 Å². The Kier molecular flexibility index (Phi) is 3.86. The van der Waals surface area contributed by atoms with Gasteiger partial charge in [-0.2, -0.15) is 5.26 Å². The second-order valence-electron chi connectivity index (χ2n) is 4.31. The van der Waals surface area contributed by atoms with Crippen LogP contribution in [0.5, 0.6) is 0 Å². The Balaban J connectivity index is 3.00. The minimum Gasteiger partial charge on any atom is -0.389 e. The molecule has 0 saturated carbocycles. The molecule has 0 fully saturated rings. The number of aliphatic hydroxyl groups is 1. The van der Waals surface area contributed by atoms with Gasteiger partial charge >= 0.3 is 0 Å². The van der Waals surface area contributed by atoms with Crippen molar-refractivity contribution in [3.05, 3.63) is 23.9 Å². The first-order valence-electron chi connectivity index (χ1n) is 5.30. The van der Waals surface area contributed by atoms with E-state index in [-0.39, 0.29) is 0 Å². The molecule has 0 aliphatic rings. The highest BCUT2D eigenvalue weighted by Crippen LogP contribution is 2.18. The Morgan fingerprint density at radius 3 is 2.75 bits per heavy atom. The molecule has 0 radical (unpaired) electrons. The fourth-order valence-corrected chi connectivity index (χ4v) is 1.54. The van der Waals surface area contributed by atoms with Gasteiger partial charge in [0.25, 0.3) is 0 Å². The molecule has 0 spiro atoms. The van der Waals surface area contributed by atoms with Crippen LogP contribution in [0, 0.1) is 11.3 Å². The van der Waals surface area contributed by atoms with E-state index in [9.17, 15) is 5.11 Å². The van der Waals surface area contributed by atoms with Gasteiger partial charge in [0.05, 0.1) is 11.2 Å². The maximum absolute atomic E-state index is 9.79. The summed E-state index contributed by atoms with van der Waals surface area (Å²) in [5.74, 6) is 0.634. The summed E-state index contributed by atoms with van der Waals surface area (Å²) in [6.45, 7) is 6.61. The fourth-order valence-electron chi connectivity index (χ4n) is 1.54. The van der Waals surface area contributed by atoms with E-state index in [0.29, 0.717) is 24.5 Å². The van der Waals surface area contributed by atoms with Crippen molar-refractivity contribution < 1.29 is 5.11 Å². The minimum absolute atomic E-state index is 0.454. The lowest BCUT2D eigenvalue weighted by molar-refractivity contribution is 0.0874. The molecule has 0 amide bonds. The van der Waals surface area contributed by atoms with Gasteiger partial charge in [-0.15, -0.1) is 0 Å². The van der Waals surface area contributed by atoms with Crippen LogP contribution in [-0.4, -0.2) is 28.8 Å². The van der Waals surface area contributed by atoms with Gasteiger partial charge in [0.1, 0.15) is 11.9 Å². The third-order valence-corrected chi connectivity index (χ3v) is 2.17. The molecule has 0 aromatic carbocycles. The van der Waals surface area contributed by atoms with Crippen molar-refractivity contribution >= 4 is 5.82 Å². The summed E-state index contributed by atoms with van der Waals surface area (Å²) in [4.78, 5) is 6.10. The van der Waals surface area contributed by atoms with E-state index in [4.69, 9.17) is 5.26 Å². The zero-order valence-corrected chi connectivity index (χ0v) is 9.94. The molecule has 16 heavy (non-hydrogen) atoms. The molecule has 4 heteroatoms. The first-order chi connectivity index (χ1) is 7.48. The first kappa shape index (κ1) is 12.5. The van der Waals surface area contributed by atoms with Crippen LogP contribution in [0.4, 0.5) is 5.82 Å². The normalized spacial score (nSPS) is 10.9. The van der Waals surface area contributed by atoms with Crippen LogP contribution in [0.15, 0.2) is 18.3 Å². The van der Waals surface area contributed by atoms with Crippen LogP contribution in [0.1, 0.15) is 26.3 Å². The minimum atomic E-state index is -0.805. The number of pyridine rings is 1. The van der Waals surface area contributed by atoms with Crippen molar-refractivity contribution in [1.29, 1.82) is 5.26 Å². The van der Waals surface area contributed by atoms with Crippen LogP contribution in [0.25, 0.3) is 0 Å². The standard InChI is InChI=1S/C12H17N3O/c1-4-15(9-12(2,3)16)11-10(8-13)6-5-7-14-11/h5-7,16H,4,9H2,1-3H3. The molecule has 1 rings (SSSR count). The Morgan fingerprint density at radius 1 is 1.56 bits per heavy atom. The highest BCUT2D eigenvalue weighted by molar-refractivity contribution is 5.53. The molecule has 0 saturated heterocycles. The average Bonchev–Trinajstić information content (AvgIpc) is 2.24. The van der Waals surface area contributed by atoms with Gasteiger partial charge < -0.3 is 10.0 Å². The van der Waals surface area contributed by atoms with Crippen LogP contribution < -0.4 is 4.90 Å². The van der Waals surface area contributed by atoms with Crippen LogP contribution in [-0.2, 0) is 0 Å². The zero-order valence-electron chi connectivity index (χ0n) is 9.94. The Hall–Kier alpha value is -1.60. The van der Waals surface area contributed by atoms with Gasteiger partial charge in [-0.1, -0.05) is 0 Å². The average molecular weight is 219 g/mol. The van der Waals surface area contributed by atoms with Gasteiger partial charge in [0.15, 0.2) is 0 Å². The molecular weight excluding hydrogens is 202 g/mol. The van der Waals surface area contributed by atoms with Gasteiger partial charge in [-0.25, -0.2) is 4.98 Å². The highest BCUT2D eigenvalue weighted by atomic mass is 16.3. The molecule has 86 valence electrons. The smallest absolute Gasteiger partial charge is 0.146 e. The summed E-state index contributed by atoms with van der Waals surface area (Å²) in [5.41, 5.74) is -0.270. The van der Waals surface area contributed by atoms with Crippen LogP contribution in [0.3, 0.4) is 0 Å². The number of rotatable bonds is 4. The SMILES string of the molecule is CCN(CC(C)(C)O)c1ncccc1C#N.